The molecule has 0 spiro atoms. The fourth-order valence-electron chi connectivity index (χ4n) is 3.63. The predicted octanol–water partition coefficient (Wildman–Crippen LogP) is 4.29. The third kappa shape index (κ3) is 3.84. The molecule has 0 bridgehead atoms. The molecule has 0 aromatic heterocycles. The van der Waals surface area contributed by atoms with Crippen molar-refractivity contribution in [1.29, 1.82) is 0 Å². The topological polar surface area (TPSA) is 12.0 Å². The average molecular weight is 235 g/mol. The Hall–Kier alpha value is -0.300. The van der Waals surface area contributed by atoms with E-state index in [0.717, 1.165) is 12.0 Å². The van der Waals surface area contributed by atoms with E-state index in [0.29, 0.717) is 5.41 Å². The molecule has 0 aromatic rings. The maximum atomic E-state index is 3.80. The second kappa shape index (κ2) is 5.56. The fourth-order valence-corrected chi connectivity index (χ4v) is 3.63. The van der Waals surface area contributed by atoms with Crippen molar-refractivity contribution in [2.24, 2.45) is 11.3 Å². The van der Waals surface area contributed by atoms with Gasteiger partial charge >= 0.3 is 0 Å². The molecule has 17 heavy (non-hydrogen) atoms. The lowest BCUT2D eigenvalue weighted by Gasteiger charge is -2.39. The van der Waals surface area contributed by atoms with Crippen LogP contribution in [0.4, 0.5) is 0 Å². The van der Waals surface area contributed by atoms with Crippen LogP contribution in [0.2, 0.25) is 0 Å². The van der Waals surface area contributed by atoms with Crippen molar-refractivity contribution in [3.05, 3.63) is 11.6 Å². The van der Waals surface area contributed by atoms with Crippen LogP contribution < -0.4 is 5.32 Å². The Bertz CT molecular complexity index is 277. The number of hydrogen-bond acceptors (Lipinski definition) is 1. The van der Waals surface area contributed by atoms with Crippen LogP contribution in [0.25, 0.3) is 0 Å². The normalized spacial score (nSPS) is 32.5. The molecule has 98 valence electrons. The van der Waals surface area contributed by atoms with Crippen LogP contribution in [-0.2, 0) is 0 Å². The van der Waals surface area contributed by atoms with E-state index in [1.807, 2.05) is 0 Å². The van der Waals surface area contributed by atoms with Crippen molar-refractivity contribution in [3.8, 4) is 0 Å². The Morgan fingerprint density at radius 2 is 2.24 bits per heavy atom. The van der Waals surface area contributed by atoms with Crippen LogP contribution in [0.15, 0.2) is 11.6 Å². The molecule has 0 saturated heterocycles. The highest BCUT2D eigenvalue weighted by Gasteiger charge is 2.31. The van der Waals surface area contributed by atoms with Gasteiger partial charge in [-0.05, 0) is 62.8 Å². The quantitative estimate of drug-likeness (QED) is 0.717. The molecule has 2 aliphatic carbocycles. The van der Waals surface area contributed by atoms with Crippen molar-refractivity contribution in [2.45, 2.75) is 71.8 Å². The highest BCUT2D eigenvalue weighted by Crippen LogP contribution is 2.38. The Kier molecular flexibility index (Phi) is 4.30. The number of hydrogen-bond donors (Lipinski definition) is 1. The number of rotatable bonds is 4. The standard InChI is InChI=1S/C16H29N/c1-13-12-16(2,3)10-8-15(13)17-11-9-14-6-4-5-7-14/h6,13,15,17H,4-5,7-12H2,1-3H3. The van der Waals surface area contributed by atoms with E-state index < -0.39 is 0 Å². The van der Waals surface area contributed by atoms with Gasteiger partial charge in [0.1, 0.15) is 0 Å². The lowest BCUT2D eigenvalue weighted by atomic mass is 9.70. The molecule has 1 heteroatoms. The summed E-state index contributed by atoms with van der Waals surface area (Å²) in [6.45, 7) is 8.46. The smallest absolute Gasteiger partial charge is 0.00932 e. The molecule has 1 nitrogen and oxygen atoms in total. The molecule has 1 N–H and O–H groups in total. The van der Waals surface area contributed by atoms with E-state index >= 15 is 0 Å². The first-order valence-electron chi connectivity index (χ1n) is 7.48. The van der Waals surface area contributed by atoms with Gasteiger partial charge in [-0.3, -0.25) is 0 Å². The Labute approximate surface area is 107 Å². The highest BCUT2D eigenvalue weighted by molar-refractivity contribution is 5.07. The van der Waals surface area contributed by atoms with Gasteiger partial charge in [0.15, 0.2) is 0 Å². The minimum atomic E-state index is 0.575. The molecule has 1 fully saturated rings. The molecule has 0 heterocycles. The molecule has 0 aliphatic heterocycles. The van der Waals surface area contributed by atoms with E-state index in [9.17, 15) is 0 Å². The summed E-state index contributed by atoms with van der Waals surface area (Å²) in [7, 11) is 0. The summed E-state index contributed by atoms with van der Waals surface area (Å²) in [6, 6.07) is 0.769. The summed E-state index contributed by atoms with van der Waals surface area (Å²) in [5.41, 5.74) is 2.27. The third-order valence-electron chi connectivity index (χ3n) is 4.68. The molecule has 0 radical (unpaired) electrons. The van der Waals surface area contributed by atoms with E-state index in [1.54, 1.807) is 5.57 Å². The predicted molar refractivity (Wildman–Crippen MR) is 75.1 cm³/mol. The van der Waals surface area contributed by atoms with Gasteiger partial charge in [-0.2, -0.15) is 0 Å². The maximum Gasteiger partial charge on any atom is 0.00932 e. The summed E-state index contributed by atoms with van der Waals surface area (Å²) in [5, 5.41) is 3.80. The van der Waals surface area contributed by atoms with Crippen molar-refractivity contribution < 1.29 is 0 Å². The van der Waals surface area contributed by atoms with E-state index in [2.05, 4.69) is 32.2 Å². The lowest BCUT2D eigenvalue weighted by molar-refractivity contribution is 0.149. The van der Waals surface area contributed by atoms with Gasteiger partial charge in [-0.25, -0.2) is 0 Å². The third-order valence-corrected chi connectivity index (χ3v) is 4.68. The largest absolute Gasteiger partial charge is 0.313 e. The van der Waals surface area contributed by atoms with Crippen LogP contribution in [0, 0.1) is 11.3 Å². The van der Waals surface area contributed by atoms with Gasteiger partial charge in [0.25, 0.3) is 0 Å². The zero-order chi connectivity index (χ0) is 12.3. The second-order valence-corrected chi connectivity index (χ2v) is 6.95. The van der Waals surface area contributed by atoms with E-state index in [1.165, 1.54) is 51.5 Å². The minimum Gasteiger partial charge on any atom is -0.313 e. The van der Waals surface area contributed by atoms with Crippen molar-refractivity contribution >= 4 is 0 Å². The fraction of sp³-hybridized carbons (Fsp3) is 0.875. The van der Waals surface area contributed by atoms with Gasteiger partial charge < -0.3 is 5.32 Å². The summed E-state index contributed by atoms with van der Waals surface area (Å²) < 4.78 is 0. The molecule has 0 amide bonds. The van der Waals surface area contributed by atoms with Crippen molar-refractivity contribution in [1.82, 2.24) is 5.32 Å². The molecular formula is C16H29N. The van der Waals surface area contributed by atoms with Crippen LogP contribution in [0.1, 0.15) is 65.7 Å². The Morgan fingerprint density at radius 1 is 1.41 bits per heavy atom. The van der Waals surface area contributed by atoms with Gasteiger partial charge in [0.2, 0.25) is 0 Å². The molecule has 0 aromatic carbocycles. The van der Waals surface area contributed by atoms with Gasteiger partial charge in [0, 0.05) is 6.04 Å². The first kappa shape index (κ1) is 13.1. The van der Waals surface area contributed by atoms with Gasteiger partial charge in [0.05, 0.1) is 0 Å². The summed E-state index contributed by atoms with van der Waals surface area (Å²) in [5.74, 6) is 0.844. The summed E-state index contributed by atoms with van der Waals surface area (Å²) in [4.78, 5) is 0. The number of nitrogens with one attached hydrogen (secondary N) is 1. The SMILES string of the molecule is CC1CC(C)(C)CCC1NCCC1=CCCC1. The van der Waals surface area contributed by atoms with E-state index in [4.69, 9.17) is 0 Å². The first-order valence-corrected chi connectivity index (χ1v) is 7.48. The molecule has 2 unspecified atom stereocenters. The molecule has 2 aliphatic rings. The summed E-state index contributed by atoms with van der Waals surface area (Å²) >= 11 is 0. The zero-order valence-electron chi connectivity index (χ0n) is 11.9. The highest BCUT2D eigenvalue weighted by atomic mass is 14.9. The van der Waals surface area contributed by atoms with E-state index in [-0.39, 0.29) is 0 Å². The Morgan fingerprint density at radius 3 is 2.88 bits per heavy atom. The molecular weight excluding hydrogens is 206 g/mol. The second-order valence-electron chi connectivity index (χ2n) is 6.95. The van der Waals surface area contributed by atoms with Gasteiger partial charge in [-0.15, -0.1) is 0 Å². The average Bonchev–Trinajstić information content (AvgIpc) is 2.73. The first-order chi connectivity index (χ1) is 8.07. The lowest BCUT2D eigenvalue weighted by Crippen LogP contribution is -2.42. The number of allylic oxidation sites excluding steroid dienone is 1. The van der Waals surface area contributed by atoms with Crippen LogP contribution in [0.3, 0.4) is 0 Å². The van der Waals surface area contributed by atoms with Gasteiger partial charge in [-0.1, -0.05) is 32.4 Å². The molecule has 1 saturated carbocycles. The monoisotopic (exact) mass is 235 g/mol. The van der Waals surface area contributed by atoms with Crippen LogP contribution in [0.5, 0.6) is 0 Å². The summed E-state index contributed by atoms with van der Waals surface area (Å²) in [6.07, 6.45) is 11.9. The van der Waals surface area contributed by atoms with Crippen LogP contribution in [-0.4, -0.2) is 12.6 Å². The van der Waals surface area contributed by atoms with Crippen LogP contribution >= 0.6 is 0 Å². The maximum absolute atomic E-state index is 3.80. The van der Waals surface area contributed by atoms with Crippen molar-refractivity contribution in [3.63, 3.8) is 0 Å². The molecule has 2 atom stereocenters. The van der Waals surface area contributed by atoms with Crippen molar-refractivity contribution in [2.75, 3.05) is 6.54 Å². The zero-order valence-corrected chi connectivity index (χ0v) is 11.9. The minimum absolute atomic E-state index is 0.575. The Balaban J connectivity index is 1.69. The molecule has 2 rings (SSSR count).